The second kappa shape index (κ2) is 6.31. The lowest BCUT2D eigenvalue weighted by Crippen LogP contribution is -2.40. The Balaban J connectivity index is 1.81. The van der Waals surface area contributed by atoms with Crippen molar-refractivity contribution in [2.45, 2.75) is 26.3 Å². The largest absolute Gasteiger partial charge is 0.335 e. The van der Waals surface area contributed by atoms with E-state index in [0.717, 1.165) is 5.69 Å². The van der Waals surface area contributed by atoms with E-state index >= 15 is 0 Å². The van der Waals surface area contributed by atoms with Crippen molar-refractivity contribution in [3.8, 4) is 5.69 Å². The van der Waals surface area contributed by atoms with Crippen molar-refractivity contribution in [3.63, 3.8) is 0 Å². The summed E-state index contributed by atoms with van der Waals surface area (Å²) in [5.41, 5.74) is 1.29. The highest BCUT2D eigenvalue weighted by molar-refractivity contribution is 7.91. The highest BCUT2D eigenvalue weighted by Crippen LogP contribution is 2.17. The van der Waals surface area contributed by atoms with Crippen molar-refractivity contribution in [1.29, 1.82) is 0 Å². The van der Waals surface area contributed by atoms with Crippen LogP contribution in [0.25, 0.3) is 5.69 Å². The van der Waals surface area contributed by atoms with E-state index in [9.17, 15) is 13.2 Å². The Kier molecular flexibility index (Phi) is 4.35. The van der Waals surface area contributed by atoms with Crippen molar-refractivity contribution < 1.29 is 13.2 Å². The summed E-state index contributed by atoms with van der Waals surface area (Å²) in [7, 11) is -3.08. The SMILES string of the molecule is Cc1nnnn1-c1ccc(C(=O)N2CCCS(=O)(=O)CC2C)cc1. The van der Waals surface area contributed by atoms with Gasteiger partial charge in [-0.05, 0) is 55.0 Å². The fourth-order valence-corrected chi connectivity index (χ4v) is 4.55. The number of benzene rings is 1. The zero-order valence-electron chi connectivity index (χ0n) is 13.6. The molecule has 0 radical (unpaired) electrons. The van der Waals surface area contributed by atoms with Crippen LogP contribution in [0, 0.1) is 6.92 Å². The summed E-state index contributed by atoms with van der Waals surface area (Å²) in [5.74, 6) is 0.652. The fourth-order valence-electron chi connectivity index (χ4n) is 2.90. The average Bonchev–Trinajstić information content (AvgIpc) is 2.90. The Morgan fingerprint density at radius 3 is 2.58 bits per heavy atom. The molecule has 1 unspecified atom stereocenters. The van der Waals surface area contributed by atoms with Gasteiger partial charge in [-0.15, -0.1) is 5.10 Å². The van der Waals surface area contributed by atoms with E-state index < -0.39 is 9.84 Å². The van der Waals surface area contributed by atoms with Crippen LogP contribution in [0.3, 0.4) is 0 Å². The van der Waals surface area contributed by atoms with Gasteiger partial charge in [0.1, 0.15) is 0 Å². The number of tetrazole rings is 1. The number of nitrogens with zero attached hydrogens (tertiary/aromatic N) is 5. The summed E-state index contributed by atoms with van der Waals surface area (Å²) in [5, 5.41) is 11.3. The molecule has 1 aliphatic rings. The highest BCUT2D eigenvalue weighted by atomic mass is 32.2. The summed E-state index contributed by atoms with van der Waals surface area (Å²) in [6.07, 6.45) is 0.473. The zero-order valence-corrected chi connectivity index (χ0v) is 14.4. The number of rotatable bonds is 2. The molecule has 2 heterocycles. The summed E-state index contributed by atoms with van der Waals surface area (Å²) < 4.78 is 25.2. The number of carbonyl (C=O) groups is 1. The molecule has 0 spiro atoms. The normalized spacial score (nSPS) is 20.6. The molecule has 8 nitrogen and oxygen atoms in total. The van der Waals surface area contributed by atoms with Gasteiger partial charge in [0.2, 0.25) is 0 Å². The van der Waals surface area contributed by atoms with Crippen molar-refractivity contribution >= 4 is 15.7 Å². The lowest BCUT2D eigenvalue weighted by molar-refractivity contribution is 0.0712. The molecule has 9 heteroatoms. The molecule has 1 aromatic carbocycles. The molecule has 128 valence electrons. The summed E-state index contributed by atoms with van der Waals surface area (Å²) in [6.45, 7) is 4.02. The summed E-state index contributed by atoms with van der Waals surface area (Å²) >= 11 is 0. The molecule has 0 aliphatic carbocycles. The maximum atomic E-state index is 12.7. The fraction of sp³-hybridized carbons (Fsp3) is 0.467. The molecule has 1 aliphatic heterocycles. The van der Waals surface area contributed by atoms with Crippen LogP contribution >= 0.6 is 0 Å². The molecule has 3 rings (SSSR count). The Morgan fingerprint density at radius 2 is 1.96 bits per heavy atom. The number of sulfone groups is 1. The first-order valence-corrected chi connectivity index (χ1v) is 9.56. The highest BCUT2D eigenvalue weighted by Gasteiger charge is 2.29. The number of amides is 1. The molecule has 0 saturated carbocycles. The quantitative estimate of drug-likeness (QED) is 0.788. The zero-order chi connectivity index (χ0) is 17.3. The second-order valence-electron chi connectivity index (χ2n) is 6.00. The van der Waals surface area contributed by atoms with E-state index in [4.69, 9.17) is 0 Å². The van der Waals surface area contributed by atoms with E-state index in [1.165, 1.54) is 0 Å². The number of aromatic nitrogens is 4. The standard InChI is InChI=1S/C15H19N5O3S/c1-11-10-24(22,23)9-3-8-19(11)15(21)13-4-6-14(7-5-13)20-12(2)16-17-18-20/h4-7,11H,3,8-10H2,1-2H3. The molecule has 1 amide bonds. The Bertz CT molecular complexity index is 844. The monoisotopic (exact) mass is 349 g/mol. The van der Waals surface area contributed by atoms with Gasteiger partial charge in [0.05, 0.1) is 17.2 Å². The van der Waals surface area contributed by atoms with Crippen LogP contribution in [0.2, 0.25) is 0 Å². The van der Waals surface area contributed by atoms with E-state index in [-0.39, 0.29) is 23.5 Å². The summed E-state index contributed by atoms with van der Waals surface area (Å²) in [4.78, 5) is 14.4. The van der Waals surface area contributed by atoms with Crippen LogP contribution in [0.4, 0.5) is 0 Å². The van der Waals surface area contributed by atoms with Crippen molar-refractivity contribution in [1.82, 2.24) is 25.1 Å². The molecular weight excluding hydrogens is 330 g/mol. The van der Waals surface area contributed by atoms with Crippen LogP contribution in [0.5, 0.6) is 0 Å². The van der Waals surface area contributed by atoms with Gasteiger partial charge in [-0.3, -0.25) is 4.79 Å². The molecule has 1 fully saturated rings. The molecular formula is C15H19N5O3S. The Hall–Kier alpha value is -2.29. The maximum absolute atomic E-state index is 12.7. The van der Waals surface area contributed by atoms with Crippen LogP contribution in [-0.4, -0.2) is 63.5 Å². The van der Waals surface area contributed by atoms with Crippen LogP contribution in [0.15, 0.2) is 24.3 Å². The van der Waals surface area contributed by atoms with Gasteiger partial charge < -0.3 is 4.90 Å². The van der Waals surface area contributed by atoms with Gasteiger partial charge in [0, 0.05) is 18.2 Å². The molecule has 0 N–H and O–H groups in total. The minimum absolute atomic E-state index is 0.0145. The van der Waals surface area contributed by atoms with Crippen LogP contribution in [0.1, 0.15) is 29.5 Å². The van der Waals surface area contributed by atoms with Crippen molar-refractivity contribution in [2.75, 3.05) is 18.1 Å². The minimum Gasteiger partial charge on any atom is -0.335 e. The first-order chi connectivity index (χ1) is 11.4. The van der Waals surface area contributed by atoms with Gasteiger partial charge >= 0.3 is 0 Å². The van der Waals surface area contributed by atoms with E-state index in [1.54, 1.807) is 47.7 Å². The van der Waals surface area contributed by atoms with E-state index in [1.807, 2.05) is 0 Å². The Labute approximate surface area is 140 Å². The number of hydrogen-bond acceptors (Lipinski definition) is 6. The van der Waals surface area contributed by atoms with E-state index in [0.29, 0.717) is 24.4 Å². The third-order valence-corrected chi connectivity index (χ3v) is 6.03. The topological polar surface area (TPSA) is 98.1 Å². The number of carbonyl (C=O) groups excluding carboxylic acids is 1. The molecule has 24 heavy (non-hydrogen) atoms. The number of aryl methyl sites for hydroxylation is 1. The minimum atomic E-state index is -3.08. The van der Waals surface area contributed by atoms with Gasteiger partial charge in [-0.25, -0.2) is 8.42 Å². The Morgan fingerprint density at radius 1 is 1.25 bits per heavy atom. The average molecular weight is 349 g/mol. The first-order valence-electron chi connectivity index (χ1n) is 7.74. The third kappa shape index (κ3) is 3.30. The predicted molar refractivity (Wildman–Crippen MR) is 87.7 cm³/mol. The first kappa shape index (κ1) is 16.6. The number of hydrogen-bond donors (Lipinski definition) is 0. The second-order valence-corrected chi connectivity index (χ2v) is 8.23. The summed E-state index contributed by atoms with van der Waals surface area (Å²) in [6, 6.07) is 6.65. The third-order valence-electron chi connectivity index (χ3n) is 4.13. The van der Waals surface area contributed by atoms with Gasteiger partial charge in [0.15, 0.2) is 15.7 Å². The maximum Gasteiger partial charge on any atom is 0.254 e. The smallest absolute Gasteiger partial charge is 0.254 e. The van der Waals surface area contributed by atoms with Crippen molar-refractivity contribution in [2.24, 2.45) is 0 Å². The predicted octanol–water partition coefficient (Wildman–Crippen LogP) is 0.620. The molecule has 1 saturated heterocycles. The molecule has 1 aromatic heterocycles. The lowest BCUT2D eigenvalue weighted by Gasteiger charge is -2.26. The molecule has 0 bridgehead atoms. The lowest BCUT2D eigenvalue weighted by atomic mass is 10.1. The molecule has 2 aromatic rings. The van der Waals surface area contributed by atoms with Crippen LogP contribution < -0.4 is 0 Å². The van der Waals surface area contributed by atoms with Gasteiger partial charge in [-0.1, -0.05) is 0 Å². The van der Waals surface area contributed by atoms with Crippen LogP contribution in [-0.2, 0) is 9.84 Å². The van der Waals surface area contributed by atoms with E-state index in [2.05, 4.69) is 15.5 Å². The van der Waals surface area contributed by atoms with Crippen molar-refractivity contribution in [3.05, 3.63) is 35.7 Å². The van der Waals surface area contributed by atoms with Gasteiger partial charge in [0.25, 0.3) is 5.91 Å². The van der Waals surface area contributed by atoms with Gasteiger partial charge in [-0.2, -0.15) is 4.68 Å². The molecule has 1 atom stereocenters.